The first kappa shape index (κ1) is 11.2. The third-order valence-corrected chi connectivity index (χ3v) is 2.60. The molecule has 76 valence electrons. The van der Waals surface area contributed by atoms with Gasteiger partial charge < -0.3 is 4.74 Å². The van der Waals surface area contributed by atoms with Crippen molar-refractivity contribution in [3.05, 3.63) is 24.0 Å². The quantitative estimate of drug-likeness (QED) is 0.424. The first-order valence-electron chi connectivity index (χ1n) is 4.33. The molecule has 0 fully saturated rings. The molecule has 0 radical (unpaired) electrons. The molecule has 1 aromatic rings. The molecule has 0 saturated carbocycles. The maximum atomic E-state index is 10.9. The van der Waals surface area contributed by atoms with E-state index in [4.69, 9.17) is 4.74 Å². The Hall–Kier alpha value is -0.870. The van der Waals surface area contributed by atoms with Crippen molar-refractivity contribution < 1.29 is 9.53 Å². The SMILES string of the molecule is COCCSc1ccc(C(C)=O)nc1. The van der Waals surface area contributed by atoms with E-state index in [1.54, 1.807) is 31.1 Å². The van der Waals surface area contributed by atoms with Gasteiger partial charge in [0.1, 0.15) is 5.69 Å². The summed E-state index contributed by atoms with van der Waals surface area (Å²) >= 11 is 1.67. The zero-order valence-corrected chi connectivity index (χ0v) is 9.13. The average molecular weight is 211 g/mol. The summed E-state index contributed by atoms with van der Waals surface area (Å²) in [7, 11) is 1.68. The van der Waals surface area contributed by atoms with Crippen molar-refractivity contribution in [2.75, 3.05) is 19.5 Å². The molecule has 0 aromatic carbocycles. The molecule has 0 spiro atoms. The lowest BCUT2D eigenvalue weighted by atomic mass is 10.3. The van der Waals surface area contributed by atoms with Crippen molar-refractivity contribution in [3.63, 3.8) is 0 Å². The van der Waals surface area contributed by atoms with E-state index in [1.807, 2.05) is 6.07 Å². The summed E-state index contributed by atoms with van der Waals surface area (Å²) in [4.78, 5) is 16.0. The maximum Gasteiger partial charge on any atom is 0.178 e. The number of aromatic nitrogens is 1. The van der Waals surface area contributed by atoms with E-state index in [9.17, 15) is 4.79 Å². The van der Waals surface area contributed by atoms with E-state index in [1.165, 1.54) is 6.92 Å². The molecular formula is C10H13NO2S. The van der Waals surface area contributed by atoms with Gasteiger partial charge in [0.25, 0.3) is 0 Å². The molecule has 0 aliphatic heterocycles. The molecule has 0 saturated heterocycles. The second-order valence-corrected chi connectivity index (χ2v) is 3.94. The van der Waals surface area contributed by atoms with Crippen LogP contribution in [-0.4, -0.2) is 30.2 Å². The van der Waals surface area contributed by atoms with Gasteiger partial charge in [0.15, 0.2) is 5.78 Å². The van der Waals surface area contributed by atoms with Crippen molar-refractivity contribution in [1.29, 1.82) is 0 Å². The third kappa shape index (κ3) is 3.47. The Balaban J connectivity index is 2.51. The van der Waals surface area contributed by atoms with E-state index in [-0.39, 0.29) is 5.78 Å². The molecule has 0 bridgehead atoms. The Morgan fingerprint density at radius 2 is 2.36 bits per heavy atom. The number of methoxy groups -OCH3 is 1. The van der Waals surface area contributed by atoms with Gasteiger partial charge in [-0.05, 0) is 12.1 Å². The van der Waals surface area contributed by atoms with Crippen LogP contribution >= 0.6 is 11.8 Å². The second-order valence-electron chi connectivity index (χ2n) is 2.78. The molecule has 14 heavy (non-hydrogen) atoms. The Morgan fingerprint density at radius 3 is 2.86 bits per heavy atom. The number of thioether (sulfide) groups is 1. The number of Topliss-reactive ketones (excluding diaryl/α,β-unsaturated/α-hetero) is 1. The zero-order chi connectivity index (χ0) is 10.4. The largest absolute Gasteiger partial charge is 0.384 e. The lowest BCUT2D eigenvalue weighted by molar-refractivity contribution is 0.101. The highest BCUT2D eigenvalue weighted by Gasteiger charge is 2.00. The molecular weight excluding hydrogens is 198 g/mol. The van der Waals surface area contributed by atoms with Gasteiger partial charge in [-0.2, -0.15) is 0 Å². The van der Waals surface area contributed by atoms with Crippen LogP contribution in [0.5, 0.6) is 0 Å². The summed E-state index contributed by atoms with van der Waals surface area (Å²) in [5.74, 6) is 0.899. The minimum absolute atomic E-state index is 0.00144. The molecule has 0 unspecified atom stereocenters. The predicted octanol–water partition coefficient (Wildman–Crippen LogP) is 2.02. The van der Waals surface area contributed by atoms with Crippen molar-refractivity contribution in [2.24, 2.45) is 0 Å². The van der Waals surface area contributed by atoms with Gasteiger partial charge in [0.05, 0.1) is 6.61 Å². The Morgan fingerprint density at radius 1 is 1.57 bits per heavy atom. The summed E-state index contributed by atoms with van der Waals surface area (Å²) in [5.41, 5.74) is 0.515. The van der Waals surface area contributed by atoms with Gasteiger partial charge in [0, 0.05) is 30.9 Å². The predicted molar refractivity (Wildman–Crippen MR) is 56.8 cm³/mol. The highest BCUT2D eigenvalue weighted by molar-refractivity contribution is 7.99. The van der Waals surface area contributed by atoms with Gasteiger partial charge in [0.2, 0.25) is 0 Å². The second kappa shape index (κ2) is 5.78. The topological polar surface area (TPSA) is 39.2 Å². The highest BCUT2D eigenvalue weighted by atomic mass is 32.2. The number of pyridine rings is 1. The van der Waals surface area contributed by atoms with Crippen LogP contribution in [0.4, 0.5) is 0 Å². The van der Waals surface area contributed by atoms with Crippen LogP contribution in [0.15, 0.2) is 23.2 Å². The normalized spacial score (nSPS) is 10.1. The van der Waals surface area contributed by atoms with Crippen molar-refractivity contribution in [2.45, 2.75) is 11.8 Å². The monoisotopic (exact) mass is 211 g/mol. The van der Waals surface area contributed by atoms with Crippen LogP contribution in [0.2, 0.25) is 0 Å². The van der Waals surface area contributed by atoms with Crippen LogP contribution in [0, 0.1) is 0 Å². The molecule has 0 aliphatic rings. The van der Waals surface area contributed by atoms with E-state index >= 15 is 0 Å². The number of carbonyl (C=O) groups is 1. The summed E-state index contributed by atoms with van der Waals surface area (Å²) in [6.07, 6.45) is 1.72. The maximum absolute atomic E-state index is 10.9. The standard InChI is InChI=1S/C10H13NO2S/c1-8(12)10-4-3-9(7-11-10)14-6-5-13-2/h3-4,7H,5-6H2,1-2H3. The molecule has 3 nitrogen and oxygen atoms in total. The van der Waals surface area contributed by atoms with Gasteiger partial charge in [-0.3, -0.25) is 9.78 Å². The van der Waals surface area contributed by atoms with Crippen LogP contribution in [0.3, 0.4) is 0 Å². The van der Waals surface area contributed by atoms with Crippen LogP contribution in [0.1, 0.15) is 17.4 Å². The van der Waals surface area contributed by atoms with E-state index in [2.05, 4.69) is 4.98 Å². The summed E-state index contributed by atoms with van der Waals surface area (Å²) in [5, 5.41) is 0. The van der Waals surface area contributed by atoms with Crippen molar-refractivity contribution in [3.8, 4) is 0 Å². The number of carbonyl (C=O) groups excluding carboxylic acids is 1. The lowest BCUT2D eigenvalue weighted by Gasteiger charge is -2.00. The minimum atomic E-state index is -0.00144. The van der Waals surface area contributed by atoms with Gasteiger partial charge in [-0.25, -0.2) is 0 Å². The van der Waals surface area contributed by atoms with Gasteiger partial charge >= 0.3 is 0 Å². The molecule has 0 atom stereocenters. The first-order chi connectivity index (χ1) is 6.74. The lowest BCUT2D eigenvalue weighted by Crippen LogP contribution is -1.96. The van der Waals surface area contributed by atoms with E-state index in [0.29, 0.717) is 5.69 Å². The van der Waals surface area contributed by atoms with Crippen LogP contribution in [-0.2, 0) is 4.74 Å². The number of ketones is 1. The molecule has 1 rings (SSSR count). The number of rotatable bonds is 5. The number of hydrogen-bond donors (Lipinski definition) is 0. The Kier molecular flexibility index (Phi) is 4.62. The summed E-state index contributed by atoms with van der Waals surface area (Å²) < 4.78 is 4.93. The van der Waals surface area contributed by atoms with Crippen molar-refractivity contribution >= 4 is 17.5 Å². The van der Waals surface area contributed by atoms with Gasteiger partial charge in [-0.15, -0.1) is 11.8 Å². The average Bonchev–Trinajstić information content (AvgIpc) is 2.19. The minimum Gasteiger partial charge on any atom is -0.384 e. The number of nitrogens with zero attached hydrogens (tertiary/aromatic N) is 1. The first-order valence-corrected chi connectivity index (χ1v) is 5.31. The number of ether oxygens (including phenoxy) is 1. The fourth-order valence-electron chi connectivity index (χ4n) is 0.917. The van der Waals surface area contributed by atoms with Gasteiger partial charge in [-0.1, -0.05) is 0 Å². The van der Waals surface area contributed by atoms with Crippen molar-refractivity contribution in [1.82, 2.24) is 4.98 Å². The molecule has 0 amide bonds. The fourth-order valence-corrected chi connectivity index (χ4v) is 1.69. The van der Waals surface area contributed by atoms with Crippen LogP contribution in [0.25, 0.3) is 0 Å². The number of hydrogen-bond acceptors (Lipinski definition) is 4. The third-order valence-electron chi connectivity index (χ3n) is 1.65. The highest BCUT2D eigenvalue weighted by Crippen LogP contribution is 2.16. The summed E-state index contributed by atoms with van der Waals surface area (Å²) in [6, 6.07) is 3.65. The smallest absolute Gasteiger partial charge is 0.178 e. The summed E-state index contributed by atoms with van der Waals surface area (Å²) in [6.45, 7) is 2.24. The molecule has 1 heterocycles. The zero-order valence-electron chi connectivity index (χ0n) is 8.32. The fraction of sp³-hybridized carbons (Fsp3) is 0.400. The molecule has 0 N–H and O–H groups in total. The molecule has 1 aromatic heterocycles. The Bertz CT molecular complexity index is 297. The van der Waals surface area contributed by atoms with E-state index < -0.39 is 0 Å². The Labute approximate surface area is 87.9 Å². The molecule has 0 aliphatic carbocycles. The molecule has 4 heteroatoms. The van der Waals surface area contributed by atoms with Crippen LogP contribution < -0.4 is 0 Å². The van der Waals surface area contributed by atoms with E-state index in [0.717, 1.165) is 17.3 Å².